The van der Waals surface area contributed by atoms with Crippen molar-refractivity contribution in [3.63, 3.8) is 0 Å². The molecule has 1 aliphatic rings. The lowest BCUT2D eigenvalue weighted by atomic mass is 10.1. The van der Waals surface area contributed by atoms with Gasteiger partial charge < -0.3 is 0 Å². The van der Waals surface area contributed by atoms with Gasteiger partial charge in [0.2, 0.25) is 0 Å². The summed E-state index contributed by atoms with van der Waals surface area (Å²) in [6, 6.07) is 6.50. The van der Waals surface area contributed by atoms with Crippen molar-refractivity contribution in [2.75, 3.05) is 4.72 Å². The molecule has 0 radical (unpaired) electrons. The summed E-state index contributed by atoms with van der Waals surface area (Å²) in [5.74, 6) is 0.305. The van der Waals surface area contributed by atoms with Crippen LogP contribution in [0.25, 0.3) is 16.7 Å². The highest BCUT2D eigenvalue weighted by Gasteiger charge is 2.34. The van der Waals surface area contributed by atoms with E-state index in [1.807, 2.05) is 12.1 Å². The van der Waals surface area contributed by atoms with Gasteiger partial charge in [0, 0.05) is 18.6 Å². The van der Waals surface area contributed by atoms with Gasteiger partial charge in [-0.25, -0.2) is 18.1 Å². The maximum atomic E-state index is 13.4. The average molecular weight is 462 g/mol. The predicted octanol–water partition coefficient (Wildman–Crippen LogP) is 3.85. The van der Waals surface area contributed by atoms with E-state index >= 15 is 0 Å². The van der Waals surface area contributed by atoms with Gasteiger partial charge in [0.25, 0.3) is 10.0 Å². The first-order valence-corrected chi connectivity index (χ1v) is 11.2. The Morgan fingerprint density at radius 3 is 2.47 bits per heavy atom. The number of sulfonamides is 1. The Bertz CT molecular complexity index is 1420. The molecule has 0 bridgehead atoms. The van der Waals surface area contributed by atoms with Gasteiger partial charge in [0.05, 0.1) is 35.4 Å². The Morgan fingerprint density at radius 1 is 1.06 bits per heavy atom. The number of pyridine rings is 1. The predicted molar refractivity (Wildman–Crippen MR) is 110 cm³/mol. The SMILES string of the molecule is Cn1ncc2ccc(C3CC3)c(S(=O)(=O)Nc3ccc(-n4cc(C(F)(F)F)cn4)nc3)c21. The number of nitrogens with zero attached hydrogens (tertiary/aromatic N) is 5. The van der Waals surface area contributed by atoms with Crippen molar-refractivity contribution in [2.24, 2.45) is 7.05 Å². The highest BCUT2D eigenvalue weighted by atomic mass is 32.2. The summed E-state index contributed by atoms with van der Waals surface area (Å²) in [6.45, 7) is 0. The minimum atomic E-state index is -4.51. The normalized spacial score (nSPS) is 14.8. The van der Waals surface area contributed by atoms with Crippen LogP contribution in [-0.2, 0) is 23.2 Å². The van der Waals surface area contributed by atoms with E-state index in [1.165, 1.54) is 23.0 Å². The monoisotopic (exact) mass is 462 g/mol. The lowest BCUT2D eigenvalue weighted by molar-refractivity contribution is -0.137. The van der Waals surface area contributed by atoms with Crippen LogP contribution in [0.3, 0.4) is 0 Å². The third kappa shape index (κ3) is 3.60. The molecule has 0 unspecified atom stereocenters. The molecular formula is C20H17F3N6O2S. The molecule has 166 valence electrons. The molecule has 0 aliphatic heterocycles. The van der Waals surface area contributed by atoms with Crippen LogP contribution < -0.4 is 4.72 Å². The molecule has 4 aromatic rings. The second-order valence-corrected chi connectivity index (χ2v) is 9.27. The van der Waals surface area contributed by atoms with E-state index in [2.05, 4.69) is 19.9 Å². The summed E-state index contributed by atoms with van der Waals surface area (Å²) in [5, 5.41) is 8.56. The molecule has 8 nitrogen and oxygen atoms in total. The lowest BCUT2D eigenvalue weighted by Crippen LogP contribution is -2.17. The minimum Gasteiger partial charge on any atom is -0.278 e. The number of aromatic nitrogens is 5. The molecule has 0 spiro atoms. The van der Waals surface area contributed by atoms with E-state index in [0.717, 1.165) is 29.3 Å². The first-order valence-electron chi connectivity index (χ1n) is 9.69. The summed E-state index contributed by atoms with van der Waals surface area (Å²) in [5.41, 5.74) is 0.538. The summed E-state index contributed by atoms with van der Waals surface area (Å²) in [6.07, 6.45) is 1.70. The van der Waals surface area contributed by atoms with E-state index in [1.54, 1.807) is 13.2 Å². The van der Waals surface area contributed by atoms with Gasteiger partial charge in [-0.05, 0) is 36.5 Å². The number of nitrogens with one attached hydrogen (secondary N) is 1. The number of hydrogen-bond acceptors (Lipinski definition) is 5. The highest BCUT2D eigenvalue weighted by Crippen LogP contribution is 2.45. The van der Waals surface area contributed by atoms with Crippen LogP contribution in [0.5, 0.6) is 0 Å². The average Bonchev–Trinajstić information content (AvgIpc) is 3.33. The van der Waals surface area contributed by atoms with E-state index in [4.69, 9.17) is 0 Å². The Labute approximate surface area is 180 Å². The first-order chi connectivity index (χ1) is 15.1. The quantitative estimate of drug-likeness (QED) is 0.486. The van der Waals surface area contributed by atoms with E-state index in [-0.39, 0.29) is 22.3 Å². The maximum absolute atomic E-state index is 13.4. The molecule has 5 rings (SSSR count). The molecule has 1 saturated carbocycles. The molecule has 0 saturated heterocycles. The van der Waals surface area contributed by atoms with Gasteiger partial charge in [-0.2, -0.15) is 23.4 Å². The number of hydrogen-bond donors (Lipinski definition) is 1. The summed E-state index contributed by atoms with van der Waals surface area (Å²) in [4.78, 5) is 4.23. The van der Waals surface area contributed by atoms with Crippen LogP contribution >= 0.6 is 0 Å². The van der Waals surface area contributed by atoms with E-state index < -0.39 is 21.8 Å². The Hall–Kier alpha value is -3.41. The maximum Gasteiger partial charge on any atom is 0.419 e. The molecule has 3 aromatic heterocycles. The molecule has 1 aromatic carbocycles. The topological polar surface area (TPSA) is 94.7 Å². The largest absolute Gasteiger partial charge is 0.419 e. The molecule has 0 atom stereocenters. The van der Waals surface area contributed by atoms with Gasteiger partial charge in [0.1, 0.15) is 4.90 Å². The molecule has 3 heterocycles. The second kappa shape index (κ2) is 7.05. The zero-order chi connectivity index (χ0) is 22.7. The number of halogens is 3. The smallest absolute Gasteiger partial charge is 0.278 e. The molecule has 0 amide bonds. The number of fused-ring (bicyclic) bond motifs is 1. The van der Waals surface area contributed by atoms with Crippen LogP contribution in [0.1, 0.15) is 29.9 Å². The van der Waals surface area contributed by atoms with Gasteiger partial charge >= 0.3 is 6.18 Å². The van der Waals surface area contributed by atoms with Crippen molar-refractivity contribution in [3.8, 4) is 5.82 Å². The fourth-order valence-electron chi connectivity index (χ4n) is 3.63. The molecule has 1 aliphatic carbocycles. The van der Waals surface area contributed by atoms with Crippen molar-refractivity contribution < 1.29 is 21.6 Å². The van der Waals surface area contributed by atoms with Crippen LogP contribution in [0.2, 0.25) is 0 Å². The van der Waals surface area contributed by atoms with Crippen molar-refractivity contribution in [2.45, 2.75) is 29.8 Å². The van der Waals surface area contributed by atoms with Crippen molar-refractivity contribution >= 4 is 26.6 Å². The minimum absolute atomic E-state index is 0.121. The molecule has 12 heteroatoms. The zero-order valence-corrected chi connectivity index (χ0v) is 17.5. The van der Waals surface area contributed by atoms with Crippen molar-refractivity contribution in [1.82, 2.24) is 24.5 Å². The Morgan fingerprint density at radius 2 is 1.84 bits per heavy atom. The van der Waals surface area contributed by atoms with Gasteiger partial charge in [-0.15, -0.1) is 0 Å². The number of rotatable bonds is 5. The molecule has 32 heavy (non-hydrogen) atoms. The third-order valence-corrected chi connectivity index (χ3v) is 6.79. The summed E-state index contributed by atoms with van der Waals surface area (Å²) < 4.78 is 70.1. The second-order valence-electron chi connectivity index (χ2n) is 7.65. The van der Waals surface area contributed by atoms with Crippen LogP contribution in [0.15, 0.2) is 53.9 Å². The summed E-state index contributed by atoms with van der Waals surface area (Å²) >= 11 is 0. The zero-order valence-electron chi connectivity index (χ0n) is 16.7. The van der Waals surface area contributed by atoms with Crippen LogP contribution in [-0.4, -0.2) is 33.0 Å². The molecular weight excluding hydrogens is 445 g/mol. The first kappa shape index (κ1) is 20.5. The fraction of sp³-hybridized carbons (Fsp3) is 0.250. The fourth-order valence-corrected chi connectivity index (χ4v) is 5.21. The number of benzene rings is 1. The van der Waals surface area contributed by atoms with E-state index in [9.17, 15) is 21.6 Å². The van der Waals surface area contributed by atoms with Gasteiger partial charge in [-0.3, -0.25) is 9.40 Å². The highest BCUT2D eigenvalue weighted by molar-refractivity contribution is 7.93. The number of anilines is 1. The Kier molecular flexibility index (Phi) is 4.52. The Balaban J connectivity index is 1.48. The van der Waals surface area contributed by atoms with Crippen LogP contribution in [0, 0.1) is 0 Å². The van der Waals surface area contributed by atoms with Gasteiger partial charge in [0.15, 0.2) is 5.82 Å². The van der Waals surface area contributed by atoms with Crippen molar-refractivity contribution in [3.05, 3.63) is 60.2 Å². The molecule has 1 fully saturated rings. The molecule has 1 N–H and O–H groups in total. The summed E-state index contributed by atoms with van der Waals surface area (Å²) in [7, 11) is -2.29. The van der Waals surface area contributed by atoms with E-state index in [0.29, 0.717) is 17.1 Å². The standard InChI is InChI=1S/C20H17F3N6O2S/c1-28-18-13(8-25-28)4-6-16(12-2-3-12)19(18)32(30,31)27-15-5-7-17(24-10-15)29-11-14(9-26-29)20(21,22)23/h4-12,27H,2-3H2,1H3. The van der Waals surface area contributed by atoms with Crippen LogP contribution in [0.4, 0.5) is 18.9 Å². The van der Waals surface area contributed by atoms with Crippen molar-refractivity contribution in [1.29, 1.82) is 0 Å². The van der Waals surface area contributed by atoms with Gasteiger partial charge in [-0.1, -0.05) is 12.1 Å². The number of aryl methyl sites for hydroxylation is 1. The third-order valence-electron chi connectivity index (χ3n) is 5.32. The number of alkyl halides is 3. The lowest BCUT2D eigenvalue weighted by Gasteiger charge is -2.14.